The zero-order chi connectivity index (χ0) is 15.1. The van der Waals surface area contributed by atoms with Crippen LogP contribution in [0.2, 0.25) is 0 Å². The Labute approximate surface area is 116 Å². The third-order valence-electron chi connectivity index (χ3n) is 2.89. The standard InChI is InChI=1S/C12H19N3O5/c1-3-20-12(19)9(2)14-6-4-5-10(8-16)15(14)13-7-11(17)18/h9,13H,3-7H2,1-2H3,(H,17,18). The third-order valence-corrected chi connectivity index (χ3v) is 2.89. The second-order valence-electron chi connectivity index (χ2n) is 4.28. The van der Waals surface area contributed by atoms with Crippen molar-refractivity contribution >= 4 is 17.9 Å². The van der Waals surface area contributed by atoms with E-state index in [2.05, 4.69) is 5.43 Å². The maximum absolute atomic E-state index is 11.8. The molecule has 0 amide bonds. The number of allylic oxidation sites excluding steroid dienone is 1. The fraction of sp³-hybridized carbons (Fsp3) is 0.667. The minimum Gasteiger partial charge on any atom is -0.480 e. The van der Waals surface area contributed by atoms with Crippen molar-refractivity contribution < 1.29 is 24.2 Å². The van der Waals surface area contributed by atoms with Crippen LogP contribution in [0, 0.1) is 0 Å². The molecule has 0 radical (unpaired) electrons. The SMILES string of the molecule is CCOC(=O)C(C)N1CCCC(=C=O)N1NCC(=O)O. The van der Waals surface area contributed by atoms with Crippen molar-refractivity contribution in [1.82, 2.24) is 15.6 Å². The molecule has 1 aliphatic heterocycles. The fourth-order valence-electron chi connectivity index (χ4n) is 1.94. The van der Waals surface area contributed by atoms with Gasteiger partial charge in [0.05, 0.1) is 6.61 Å². The van der Waals surface area contributed by atoms with Crippen LogP contribution in [0.1, 0.15) is 26.7 Å². The molecule has 0 aromatic carbocycles. The number of carbonyl (C=O) groups excluding carboxylic acids is 2. The second kappa shape index (κ2) is 7.64. The molecular formula is C12H19N3O5. The summed E-state index contributed by atoms with van der Waals surface area (Å²) in [4.78, 5) is 33.4. The largest absolute Gasteiger partial charge is 0.480 e. The van der Waals surface area contributed by atoms with Gasteiger partial charge in [0, 0.05) is 13.0 Å². The van der Waals surface area contributed by atoms with Crippen LogP contribution >= 0.6 is 0 Å². The summed E-state index contributed by atoms with van der Waals surface area (Å²) in [6.45, 7) is 3.75. The van der Waals surface area contributed by atoms with Crippen LogP contribution in [0.3, 0.4) is 0 Å². The first-order valence-corrected chi connectivity index (χ1v) is 6.43. The first-order valence-electron chi connectivity index (χ1n) is 6.43. The van der Waals surface area contributed by atoms with E-state index in [1.807, 2.05) is 0 Å². The topological polar surface area (TPSA) is 99.2 Å². The van der Waals surface area contributed by atoms with Crippen LogP contribution in [-0.2, 0) is 19.1 Å². The van der Waals surface area contributed by atoms with Gasteiger partial charge in [0.2, 0.25) is 0 Å². The third kappa shape index (κ3) is 4.06. The summed E-state index contributed by atoms with van der Waals surface area (Å²) in [5.74, 6) is 0.283. The van der Waals surface area contributed by atoms with Gasteiger partial charge in [0.1, 0.15) is 24.2 Å². The minimum absolute atomic E-state index is 0.260. The molecular weight excluding hydrogens is 266 g/mol. The molecule has 2 N–H and O–H groups in total. The first-order chi connectivity index (χ1) is 9.51. The predicted octanol–water partition coefficient (Wildman–Crippen LogP) is -0.444. The number of esters is 1. The molecule has 0 saturated carbocycles. The van der Waals surface area contributed by atoms with Gasteiger partial charge in [-0.3, -0.25) is 9.59 Å². The van der Waals surface area contributed by atoms with E-state index in [9.17, 15) is 14.4 Å². The Morgan fingerprint density at radius 3 is 2.80 bits per heavy atom. The summed E-state index contributed by atoms with van der Waals surface area (Å²) in [7, 11) is 0. The molecule has 0 aromatic rings. The molecule has 1 saturated heterocycles. The van der Waals surface area contributed by atoms with Crippen molar-refractivity contribution in [2.45, 2.75) is 32.7 Å². The normalized spacial score (nSPS) is 17.5. The van der Waals surface area contributed by atoms with E-state index in [0.717, 1.165) is 0 Å². The maximum Gasteiger partial charge on any atom is 0.325 e. The lowest BCUT2D eigenvalue weighted by atomic mass is 10.2. The Hall–Kier alpha value is -1.89. The van der Waals surface area contributed by atoms with Gasteiger partial charge in [0.15, 0.2) is 0 Å². The Morgan fingerprint density at radius 2 is 2.25 bits per heavy atom. The number of carboxylic acid groups (broad SMARTS) is 1. The number of aliphatic carboxylic acids is 1. The van der Waals surface area contributed by atoms with E-state index in [-0.39, 0.29) is 18.8 Å². The Kier molecular flexibility index (Phi) is 6.17. The Balaban J connectivity index is 2.85. The summed E-state index contributed by atoms with van der Waals surface area (Å²) in [5.41, 5.74) is 2.87. The average molecular weight is 285 g/mol. The number of hydrazine groups is 2. The zero-order valence-electron chi connectivity index (χ0n) is 11.6. The Morgan fingerprint density at radius 1 is 1.55 bits per heavy atom. The van der Waals surface area contributed by atoms with Crippen LogP contribution in [0.5, 0.6) is 0 Å². The number of carboxylic acids is 1. The van der Waals surface area contributed by atoms with Gasteiger partial charge in [-0.05, 0) is 20.3 Å². The second-order valence-corrected chi connectivity index (χ2v) is 4.28. The molecule has 1 unspecified atom stereocenters. The molecule has 1 atom stereocenters. The summed E-state index contributed by atoms with van der Waals surface area (Å²) in [6, 6.07) is -0.625. The highest BCUT2D eigenvalue weighted by Crippen LogP contribution is 2.20. The highest BCUT2D eigenvalue weighted by Gasteiger charge is 2.32. The number of hydrogen-bond donors (Lipinski definition) is 2. The monoisotopic (exact) mass is 285 g/mol. The van der Waals surface area contributed by atoms with Crippen LogP contribution in [0.4, 0.5) is 0 Å². The fourth-order valence-corrected chi connectivity index (χ4v) is 1.94. The maximum atomic E-state index is 11.8. The van der Waals surface area contributed by atoms with Crippen molar-refractivity contribution in [3.8, 4) is 0 Å². The molecule has 20 heavy (non-hydrogen) atoms. The summed E-state index contributed by atoms with van der Waals surface area (Å²) in [6.07, 6.45) is 1.15. The first kappa shape index (κ1) is 16.2. The van der Waals surface area contributed by atoms with E-state index >= 15 is 0 Å². The molecule has 0 bridgehead atoms. The number of rotatable bonds is 6. The summed E-state index contributed by atoms with van der Waals surface area (Å²) >= 11 is 0. The summed E-state index contributed by atoms with van der Waals surface area (Å²) in [5, 5.41) is 11.6. The van der Waals surface area contributed by atoms with Gasteiger partial charge < -0.3 is 9.84 Å². The van der Waals surface area contributed by atoms with Crippen LogP contribution in [0.25, 0.3) is 0 Å². The van der Waals surface area contributed by atoms with Crippen LogP contribution in [0.15, 0.2) is 5.70 Å². The van der Waals surface area contributed by atoms with Gasteiger partial charge in [0.25, 0.3) is 0 Å². The molecule has 1 aliphatic rings. The van der Waals surface area contributed by atoms with Gasteiger partial charge in [-0.25, -0.2) is 15.3 Å². The van der Waals surface area contributed by atoms with Crippen molar-refractivity contribution in [2.24, 2.45) is 0 Å². The van der Waals surface area contributed by atoms with Crippen molar-refractivity contribution in [3.05, 3.63) is 5.70 Å². The molecule has 0 aliphatic carbocycles. The lowest BCUT2D eigenvalue weighted by Crippen LogP contribution is -2.59. The average Bonchev–Trinajstić information content (AvgIpc) is 2.43. The zero-order valence-corrected chi connectivity index (χ0v) is 11.6. The van der Waals surface area contributed by atoms with E-state index in [1.165, 1.54) is 5.12 Å². The molecule has 8 nitrogen and oxygen atoms in total. The lowest BCUT2D eigenvalue weighted by Gasteiger charge is -2.42. The van der Waals surface area contributed by atoms with Gasteiger partial charge in [-0.15, -0.1) is 0 Å². The van der Waals surface area contributed by atoms with Gasteiger partial charge in [-0.2, -0.15) is 5.01 Å². The number of carbonyl (C=O) groups is 2. The van der Waals surface area contributed by atoms with Crippen LogP contribution in [-0.4, -0.2) is 58.9 Å². The van der Waals surface area contributed by atoms with E-state index in [0.29, 0.717) is 19.4 Å². The highest BCUT2D eigenvalue weighted by molar-refractivity contribution is 5.75. The predicted molar refractivity (Wildman–Crippen MR) is 68.7 cm³/mol. The molecule has 0 aromatic heterocycles. The summed E-state index contributed by atoms with van der Waals surface area (Å²) < 4.78 is 4.94. The number of nitrogens with one attached hydrogen (secondary N) is 1. The number of ether oxygens (including phenoxy) is 1. The number of nitrogens with zero attached hydrogens (tertiary/aromatic N) is 2. The van der Waals surface area contributed by atoms with Crippen molar-refractivity contribution in [3.63, 3.8) is 0 Å². The Bertz CT molecular complexity index is 419. The lowest BCUT2D eigenvalue weighted by molar-refractivity contribution is -0.163. The smallest absolute Gasteiger partial charge is 0.325 e. The van der Waals surface area contributed by atoms with Crippen molar-refractivity contribution in [1.29, 1.82) is 0 Å². The molecule has 112 valence electrons. The molecule has 0 spiro atoms. The van der Waals surface area contributed by atoms with E-state index < -0.39 is 18.0 Å². The van der Waals surface area contributed by atoms with Crippen LogP contribution < -0.4 is 5.43 Å². The number of hydrogen-bond acceptors (Lipinski definition) is 7. The molecule has 1 fully saturated rings. The van der Waals surface area contributed by atoms with Gasteiger partial charge >= 0.3 is 11.9 Å². The highest BCUT2D eigenvalue weighted by atomic mass is 16.5. The van der Waals surface area contributed by atoms with E-state index in [4.69, 9.17) is 9.84 Å². The minimum atomic E-state index is -1.07. The molecule has 1 rings (SSSR count). The molecule has 8 heteroatoms. The van der Waals surface area contributed by atoms with E-state index in [1.54, 1.807) is 24.8 Å². The molecule has 1 heterocycles. The van der Waals surface area contributed by atoms with Crippen molar-refractivity contribution in [2.75, 3.05) is 19.7 Å². The van der Waals surface area contributed by atoms with Gasteiger partial charge in [-0.1, -0.05) is 0 Å². The quantitative estimate of drug-likeness (QED) is 0.500.